The topological polar surface area (TPSA) is 115 Å². The molecule has 0 atom stereocenters. The van der Waals surface area contributed by atoms with Crippen molar-refractivity contribution in [2.45, 2.75) is 25.1 Å². The molecule has 120 valence electrons. The van der Waals surface area contributed by atoms with Gasteiger partial charge < -0.3 is 16.8 Å². The lowest BCUT2D eigenvalue weighted by Crippen LogP contribution is -2.52. The molecule has 0 spiro atoms. The van der Waals surface area contributed by atoms with Crippen LogP contribution in [0.5, 0.6) is 0 Å². The van der Waals surface area contributed by atoms with Crippen molar-refractivity contribution in [3.8, 4) is 0 Å². The highest BCUT2D eigenvalue weighted by atomic mass is 19.4. The number of nitrogens with one attached hydrogen (secondary N) is 1. The van der Waals surface area contributed by atoms with Crippen LogP contribution in [-0.2, 0) is 27.0 Å². The van der Waals surface area contributed by atoms with Crippen LogP contribution < -0.4 is 16.8 Å². The lowest BCUT2D eigenvalue weighted by atomic mass is 10.1. The van der Waals surface area contributed by atoms with E-state index in [9.17, 15) is 27.6 Å². The van der Waals surface area contributed by atoms with E-state index in [2.05, 4.69) is 5.32 Å². The van der Waals surface area contributed by atoms with Crippen LogP contribution in [0.3, 0.4) is 0 Å². The Morgan fingerprint density at radius 3 is 1.95 bits per heavy atom. The largest absolute Gasteiger partial charge is 0.416 e. The number of nitrogens with two attached hydrogens (primary N) is 2. The molecule has 0 radical (unpaired) electrons. The van der Waals surface area contributed by atoms with E-state index in [1.807, 2.05) is 0 Å². The van der Waals surface area contributed by atoms with Gasteiger partial charge in [0.1, 0.15) is 0 Å². The van der Waals surface area contributed by atoms with Gasteiger partial charge in [-0.2, -0.15) is 13.2 Å². The number of rotatable bonds is 6. The first-order valence-corrected chi connectivity index (χ1v) is 6.15. The van der Waals surface area contributed by atoms with Crippen molar-refractivity contribution in [2.75, 3.05) is 0 Å². The summed E-state index contributed by atoms with van der Waals surface area (Å²) in [6.45, 7) is 0. The summed E-state index contributed by atoms with van der Waals surface area (Å²) in [4.78, 5) is 33.3. The smallest absolute Gasteiger partial charge is 0.367 e. The number of primary amides is 2. The van der Waals surface area contributed by atoms with Crippen LogP contribution in [0.25, 0.3) is 0 Å². The van der Waals surface area contributed by atoms with Crippen LogP contribution in [0.2, 0.25) is 0 Å². The number of hydrogen-bond donors (Lipinski definition) is 3. The van der Waals surface area contributed by atoms with Crippen molar-refractivity contribution in [1.29, 1.82) is 0 Å². The van der Waals surface area contributed by atoms with Crippen LogP contribution in [0.4, 0.5) is 13.2 Å². The van der Waals surface area contributed by atoms with E-state index in [1.165, 1.54) is 12.1 Å². The Morgan fingerprint density at radius 2 is 1.55 bits per heavy atom. The normalized spacial score (nSPS) is 11.3. The lowest BCUT2D eigenvalue weighted by molar-refractivity contribution is -0.137. The van der Waals surface area contributed by atoms with E-state index in [0.29, 0.717) is 5.56 Å². The molecule has 22 heavy (non-hydrogen) atoms. The number of carbonyl (C=O) groups excluding carboxylic acids is 3. The Bertz CT molecular complexity index is 556. The first-order valence-electron chi connectivity index (χ1n) is 6.15. The molecule has 5 N–H and O–H groups in total. The quantitative estimate of drug-likeness (QED) is 0.646. The Balaban J connectivity index is 2.57. The molecule has 0 aromatic heterocycles. The van der Waals surface area contributed by atoms with Gasteiger partial charge in [-0.05, 0) is 24.1 Å². The minimum Gasteiger partial charge on any atom is -0.367 e. The molecule has 0 heterocycles. The Kier molecular flexibility index (Phi) is 5.50. The zero-order valence-electron chi connectivity index (χ0n) is 11.3. The molecule has 1 rings (SSSR count). The second-order valence-corrected chi connectivity index (χ2v) is 4.50. The molecule has 0 fully saturated rings. The summed E-state index contributed by atoms with van der Waals surface area (Å²) in [5.74, 6) is -2.84. The first-order chi connectivity index (χ1) is 10.1. The van der Waals surface area contributed by atoms with Crippen LogP contribution in [0.15, 0.2) is 24.3 Å². The number of alkyl halides is 3. The van der Waals surface area contributed by atoms with Gasteiger partial charge in [0.05, 0.1) is 5.56 Å². The molecule has 3 amide bonds. The fraction of sp³-hybridized carbons (Fsp3) is 0.308. The number of benzene rings is 1. The molecule has 0 aliphatic carbocycles. The number of halogens is 3. The van der Waals surface area contributed by atoms with E-state index in [4.69, 9.17) is 11.5 Å². The van der Waals surface area contributed by atoms with Gasteiger partial charge >= 0.3 is 6.18 Å². The van der Waals surface area contributed by atoms with Crippen LogP contribution in [-0.4, -0.2) is 23.8 Å². The van der Waals surface area contributed by atoms with Crippen molar-refractivity contribution >= 4 is 17.7 Å². The molecule has 0 saturated heterocycles. The van der Waals surface area contributed by atoms with Gasteiger partial charge in [-0.1, -0.05) is 12.1 Å². The fourth-order valence-electron chi connectivity index (χ4n) is 1.63. The predicted molar refractivity (Wildman–Crippen MR) is 70.1 cm³/mol. The molecular formula is C13H14F3N3O3. The third-order valence-corrected chi connectivity index (χ3v) is 2.80. The molecule has 9 heteroatoms. The van der Waals surface area contributed by atoms with Crippen molar-refractivity contribution in [3.05, 3.63) is 35.4 Å². The Morgan fingerprint density at radius 1 is 1.05 bits per heavy atom. The van der Waals surface area contributed by atoms with E-state index < -0.39 is 35.5 Å². The van der Waals surface area contributed by atoms with Crippen molar-refractivity contribution < 1.29 is 27.6 Å². The Hall–Kier alpha value is -2.58. The van der Waals surface area contributed by atoms with Gasteiger partial charge in [-0.3, -0.25) is 14.4 Å². The molecular weight excluding hydrogens is 303 g/mol. The van der Waals surface area contributed by atoms with Gasteiger partial charge in [-0.15, -0.1) is 0 Å². The van der Waals surface area contributed by atoms with Crippen molar-refractivity contribution in [1.82, 2.24) is 5.32 Å². The summed E-state index contributed by atoms with van der Waals surface area (Å²) < 4.78 is 37.1. The average Bonchev–Trinajstić information content (AvgIpc) is 2.41. The highest BCUT2D eigenvalue weighted by Gasteiger charge is 2.30. The summed E-state index contributed by atoms with van der Waals surface area (Å²) >= 11 is 0. The second kappa shape index (κ2) is 6.92. The van der Waals surface area contributed by atoms with E-state index in [0.717, 1.165) is 12.1 Å². The van der Waals surface area contributed by atoms with Crippen molar-refractivity contribution in [3.63, 3.8) is 0 Å². The molecule has 0 saturated carbocycles. The minimum atomic E-state index is -4.42. The zero-order valence-corrected chi connectivity index (χ0v) is 11.3. The molecule has 0 aliphatic rings. The van der Waals surface area contributed by atoms with E-state index in [1.54, 1.807) is 0 Å². The maximum Gasteiger partial charge on any atom is 0.416 e. The highest BCUT2D eigenvalue weighted by Crippen LogP contribution is 2.29. The maximum atomic E-state index is 12.4. The van der Waals surface area contributed by atoms with Gasteiger partial charge in [-0.25, -0.2) is 0 Å². The molecule has 0 bridgehead atoms. The number of aryl methyl sites for hydroxylation is 1. The van der Waals surface area contributed by atoms with Crippen LogP contribution in [0.1, 0.15) is 17.5 Å². The van der Waals surface area contributed by atoms with Gasteiger partial charge in [0, 0.05) is 6.42 Å². The highest BCUT2D eigenvalue weighted by molar-refractivity contribution is 6.05. The SMILES string of the molecule is NC(=O)C(NC(=O)CCc1ccc(C(F)(F)F)cc1)C(N)=O. The average molecular weight is 317 g/mol. The molecule has 1 aromatic carbocycles. The lowest BCUT2D eigenvalue weighted by Gasteiger charge is -2.12. The van der Waals surface area contributed by atoms with Crippen LogP contribution in [0, 0.1) is 0 Å². The standard InChI is InChI=1S/C13H14F3N3O3/c14-13(15,16)8-4-1-7(2-5-8)3-6-9(20)19-10(11(17)21)12(18)22/h1-2,4-5,10H,3,6H2,(H2,17,21)(H2,18,22)(H,19,20). The number of amides is 3. The van der Waals surface area contributed by atoms with Gasteiger partial charge in [0.25, 0.3) is 0 Å². The summed E-state index contributed by atoms with van der Waals surface area (Å²) in [6.07, 6.45) is -4.43. The van der Waals surface area contributed by atoms with E-state index >= 15 is 0 Å². The number of carbonyl (C=O) groups is 3. The summed E-state index contributed by atoms with van der Waals surface area (Å²) in [5, 5.41) is 2.05. The van der Waals surface area contributed by atoms with Gasteiger partial charge in [0.15, 0.2) is 6.04 Å². The third kappa shape index (κ3) is 5.08. The zero-order chi connectivity index (χ0) is 16.9. The third-order valence-electron chi connectivity index (χ3n) is 2.80. The number of hydrogen-bond acceptors (Lipinski definition) is 3. The molecule has 1 aromatic rings. The molecule has 0 unspecified atom stereocenters. The molecule has 6 nitrogen and oxygen atoms in total. The first kappa shape index (κ1) is 17.5. The predicted octanol–water partition coefficient (Wildman–Crippen LogP) is 0.0934. The monoisotopic (exact) mass is 317 g/mol. The summed E-state index contributed by atoms with van der Waals surface area (Å²) in [6, 6.07) is 2.69. The van der Waals surface area contributed by atoms with Crippen LogP contribution >= 0.6 is 0 Å². The summed E-state index contributed by atoms with van der Waals surface area (Å²) in [7, 11) is 0. The molecule has 0 aliphatic heterocycles. The minimum absolute atomic E-state index is 0.133. The second-order valence-electron chi connectivity index (χ2n) is 4.50. The maximum absolute atomic E-state index is 12.4. The van der Waals surface area contributed by atoms with Gasteiger partial charge in [0.2, 0.25) is 17.7 Å². The Labute approximate surface area is 123 Å². The van der Waals surface area contributed by atoms with E-state index in [-0.39, 0.29) is 12.8 Å². The van der Waals surface area contributed by atoms with Crippen molar-refractivity contribution in [2.24, 2.45) is 11.5 Å². The summed E-state index contributed by atoms with van der Waals surface area (Å²) in [5.41, 5.74) is 9.49. The fourth-order valence-corrected chi connectivity index (χ4v) is 1.63.